The van der Waals surface area contributed by atoms with Crippen molar-refractivity contribution in [2.45, 2.75) is 20.0 Å². The van der Waals surface area contributed by atoms with Crippen LogP contribution in [0.1, 0.15) is 18.1 Å². The van der Waals surface area contributed by atoms with Crippen LogP contribution in [-0.4, -0.2) is 61.0 Å². The van der Waals surface area contributed by atoms with Gasteiger partial charge in [-0.05, 0) is 17.2 Å². The number of hydrogen-bond acceptors (Lipinski definition) is 6. The molecule has 1 amide bonds. The van der Waals surface area contributed by atoms with Crippen molar-refractivity contribution in [2.75, 3.05) is 50.1 Å². The first-order valence-corrected chi connectivity index (χ1v) is 9.31. The molecule has 0 unspecified atom stereocenters. The number of carbonyl (C=O) groups excluding carboxylic acids is 1. The Labute approximate surface area is 161 Å². The minimum atomic E-state index is -0.00274. The van der Waals surface area contributed by atoms with Gasteiger partial charge in [-0.25, -0.2) is 4.98 Å². The molecule has 7 heteroatoms. The molecule has 0 radical (unpaired) electrons. The molecule has 0 bridgehead atoms. The number of nitrogens with zero attached hydrogens (tertiary/aromatic N) is 5. The van der Waals surface area contributed by atoms with E-state index in [0.717, 1.165) is 50.1 Å². The Bertz CT molecular complexity index is 753. The van der Waals surface area contributed by atoms with E-state index in [-0.39, 0.29) is 5.91 Å². The van der Waals surface area contributed by atoms with Gasteiger partial charge in [0.05, 0.1) is 0 Å². The third-order valence-electron chi connectivity index (χ3n) is 4.71. The van der Waals surface area contributed by atoms with Gasteiger partial charge in [-0.15, -0.1) is 0 Å². The zero-order valence-corrected chi connectivity index (χ0v) is 16.4. The molecule has 0 spiro atoms. The highest BCUT2D eigenvalue weighted by atomic mass is 16.1. The lowest BCUT2D eigenvalue weighted by atomic mass is 10.1. The van der Waals surface area contributed by atoms with E-state index < -0.39 is 0 Å². The third kappa shape index (κ3) is 5.40. The predicted molar refractivity (Wildman–Crippen MR) is 108 cm³/mol. The summed E-state index contributed by atoms with van der Waals surface area (Å²) in [6, 6.07) is 10.4. The summed E-state index contributed by atoms with van der Waals surface area (Å²) < 4.78 is 0. The third-order valence-corrected chi connectivity index (χ3v) is 4.71. The van der Waals surface area contributed by atoms with Crippen LogP contribution in [0.15, 0.2) is 36.5 Å². The highest BCUT2D eigenvalue weighted by Gasteiger charge is 2.19. The van der Waals surface area contributed by atoms with E-state index in [2.05, 4.69) is 49.4 Å². The maximum Gasteiger partial charge on any atom is 0.227 e. The Kier molecular flexibility index (Phi) is 6.24. The highest BCUT2D eigenvalue weighted by molar-refractivity contribution is 5.72. The Balaban J connectivity index is 1.51. The predicted octanol–water partition coefficient (Wildman–Crippen LogP) is 1.50. The van der Waals surface area contributed by atoms with Crippen LogP contribution in [0.5, 0.6) is 0 Å². The van der Waals surface area contributed by atoms with Gasteiger partial charge in [0.25, 0.3) is 0 Å². The molecule has 1 aliphatic rings. The number of aromatic nitrogens is 2. The average Bonchev–Trinajstić information content (AvgIpc) is 2.68. The summed E-state index contributed by atoms with van der Waals surface area (Å²) >= 11 is 0. The Morgan fingerprint density at radius 2 is 1.74 bits per heavy atom. The fourth-order valence-corrected chi connectivity index (χ4v) is 3.09. The first-order valence-electron chi connectivity index (χ1n) is 9.31. The van der Waals surface area contributed by atoms with Gasteiger partial charge in [0.2, 0.25) is 11.9 Å². The van der Waals surface area contributed by atoms with Crippen molar-refractivity contribution < 1.29 is 4.79 Å². The number of nitrogens with one attached hydrogen (secondary N) is 1. The van der Waals surface area contributed by atoms with Crippen LogP contribution in [-0.2, 0) is 17.9 Å². The lowest BCUT2D eigenvalue weighted by molar-refractivity contribution is -0.119. The number of piperazine rings is 1. The average molecular weight is 368 g/mol. The summed E-state index contributed by atoms with van der Waals surface area (Å²) in [4.78, 5) is 26.8. The molecule has 1 aromatic carbocycles. The summed E-state index contributed by atoms with van der Waals surface area (Å²) in [7, 11) is 3.98. The van der Waals surface area contributed by atoms with Crippen LogP contribution in [0.4, 0.5) is 11.8 Å². The molecule has 1 N–H and O–H groups in total. The summed E-state index contributed by atoms with van der Waals surface area (Å²) in [5.41, 5.74) is 2.41. The topological polar surface area (TPSA) is 64.6 Å². The highest BCUT2D eigenvalue weighted by Crippen LogP contribution is 2.16. The van der Waals surface area contributed by atoms with E-state index in [9.17, 15) is 4.79 Å². The molecular formula is C20H28N6O. The van der Waals surface area contributed by atoms with Crippen LogP contribution in [0.3, 0.4) is 0 Å². The van der Waals surface area contributed by atoms with Crippen molar-refractivity contribution in [2.24, 2.45) is 0 Å². The molecule has 1 aliphatic heterocycles. The van der Waals surface area contributed by atoms with E-state index in [1.54, 1.807) is 0 Å². The lowest BCUT2D eigenvalue weighted by Gasteiger charge is -2.35. The number of carbonyl (C=O) groups is 1. The summed E-state index contributed by atoms with van der Waals surface area (Å²) in [5, 5.41) is 2.82. The Morgan fingerprint density at radius 3 is 2.37 bits per heavy atom. The molecular weight excluding hydrogens is 340 g/mol. The van der Waals surface area contributed by atoms with Crippen LogP contribution in [0.25, 0.3) is 0 Å². The van der Waals surface area contributed by atoms with Gasteiger partial charge in [-0.2, -0.15) is 4.98 Å². The van der Waals surface area contributed by atoms with Crippen LogP contribution < -0.4 is 15.1 Å². The molecule has 0 atom stereocenters. The van der Waals surface area contributed by atoms with E-state index in [1.807, 2.05) is 31.3 Å². The number of rotatable bonds is 6. The van der Waals surface area contributed by atoms with Gasteiger partial charge >= 0.3 is 0 Å². The quantitative estimate of drug-likeness (QED) is 0.834. The SMILES string of the molecule is CC(=O)NCc1ccc(CN2CCN(c3nccc(N(C)C)n3)CC2)cc1. The van der Waals surface area contributed by atoms with Crippen molar-refractivity contribution in [3.8, 4) is 0 Å². The summed E-state index contributed by atoms with van der Waals surface area (Å²) in [6.07, 6.45) is 1.83. The number of benzene rings is 1. The van der Waals surface area contributed by atoms with Gasteiger partial charge in [-0.3, -0.25) is 9.69 Å². The first kappa shape index (κ1) is 19.1. The Hall–Kier alpha value is -2.67. The monoisotopic (exact) mass is 368 g/mol. The van der Waals surface area contributed by atoms with E-state index in [1.165, 1.54) is 12.5 Å². The fraction of sp³-hybridized carbons (Fsp3) is 0.450. The maximum absolute atomic E-state index is 11.0. The normalized spacial score (nSPS) is 14.9. The zero-order valence-electron chi connectivity index (χ0n) is 16.4. The van der Waals surface area contributed by atoms with Gasteiger partial charge in [0, 0.05) is 66.5 Å². The minimum Gasteiger partial charge on any atom is -0.363 e. The molecule has 1 fully saturated rings. The van der Waals surface area contributed by atoms with Crippen molar-refractivity contribution in [3.63, 3.8) is 0 Å². The number of hydrogen-bond donors (Lipinski definition) is 1. The molecule has 2 heterocycles. The smallest absolute Gasteiger partial charge is 0.227 e. The molecule has 1 aromatic heterocycles. The van der Waals surface area contributed by atoms with Gasteiger partial charge < -0.3 is 15.1 Å². The molecule has 144 valence electrons. The minimum absolute atomic E-state index is 0.00274. The molecule has 1 saturated heterocycles. The zero-order chi connectivity index (χ0) is 19.2. The fourth-order valence-electron chi connectivity index (χ4n) is 3.09. The second-order valence-electron chi connectivity index (χ2n) is 7.10. The second kappa shape index (κ2) is 8.81. The Morgan fingerprint density at radius 1 is 1.07 bits per heavy atom. The largest absolute Gasteiger partial charge is 0.363 e. The molecule has 7 nitrogen and oxygen atoms in total. The second-order valence-corrected chi connectivity index (χ2v) is 7.10. The summed E-state index contributed by atoms with van der Waals surface area (Å²) in [6.45, 7) is 6.89. The molecule has 3 rings (SSSR count). The molecule has 27 heavy (non-hydrogen) atoms. The number of anilines is 2. The molecule has 2 aromatic rings. The molecule has 0 aliphatic carbocycles. The summed E-state index contributed by atoms with van der Waals surface area (Å²) in [5.74, 6) is 1.74. The van der Waals surface area contributed by atoms with E-state index in [4.69, 9.17) is 0 Å². The number of amides is 1. The lowest BCUT2D eigenvalue weighted by Crippen LogP contribution is -2.46. The van der Waals surface area contributed by atoms with E-state index in [0.29, 0.717) is 6.54 Å². The van der Waals surface area contributed by atoms with Crippen molar-refractivity contribution >= 4 is 17.7 Å². The standard InChI is InChI=1S/C20H28N6O/c1-16(27)22-14-17-4-6-18(7-5-17)15-25-10-12-26(13-11-25)20-21-9-8-19(23-20)24(2)3/h4-9H,10-15H2,1-3H3,(H,22,27). The van der Waals surface area contributed by atoms with Crippen molar-refractivity contribution in [3.05, 3.63) is 47.7 Å². The van der Waals surface area contributed by atoms with Gasteiger partial charge in [0.1, 0.15) is 5.82 Å². The van der Waals surface area contributed by atoms with Crippen molar-refractivity contribution in [1.82, 2.24) is 20.2 Å². The first-order chi connectivity index (χ1) is 13.0. The van der Waals surface area contributed by atoms with Crippen molar-refractivity contribution in [1.29, 1.82) is 0 Å². The van der Waals surface area contributed by atoms with Crippen LogP contribution in [0.2, 0.25) is 0 Å². The van der Waals surface area contributed by atoms with Gasteiger partial charge in [0.15, 0.2) is 0 Å². The maximum atomic E-state index is 11.0. The molecule has 0 saturated carbocycles. The van der Waals surface area contributed by atoms with E-state index >= 15 is 0 Å². The van der Waals surface area contributed by atoms with Gasteiger partial charge in [-0.1, -0.05) is 24.3 Å². The van der Waals surface area contributed by atoms with Crippen LogP contribution in [0, 0.1) is 0 Å². The van der Waals surface area contributed by atoms with Crippen LogP contribution >= 0.6 is 0 Å².